The van der Waals surface area contributed by atoms with Gasteiger partial charge in [-0.15, -0.1) is 24.8 Å². The Balaban J connectivity index is 0.00000144. The first-order chi connectivity index (χ1) is 10.8. The number of thioether (sulfide) groups is 1. The van der Waals surface area contributed by atoms with E-state index in [-0.39, 0.29) is 36.8 Å². The number of carbonyl (C=O) groups is 1. The zero-order valence-corrected chi connectivity index (χ0v) is 16.2. The Bertz CT molecular complexity index is 480. The monoisotopic (exact) mass is 391 g/mol. The second-order valence-electron chi connectivity index (χ2n) is 5.99. The highest BCUT2D eigenvalue weighted by Gasteiger charge is 2.30. The van der Waals surface area contributed by atoms with Gasteiger partial charge in [0.2, 0.25) is 5.91 Å². The van der Waals surface area contributed by atoms with E-state index in [9.17, 15) is 4.79 Å². The van der Waals surface area contributed by atoms with Crippen LogP contribution >= 0.6 is 36.6 Å². The molecule has 24 heavy (non-hydrogen) atoms. The van der Waals surface area contributed by atoms with Crippen molar-refractivity contribution in [1.82, 2.24) is 15.5 Å². The Hall–Kier alpha value is -0.460. The third-order valence-electron chi connectivity index (χ3n) is 4.46. The van der Waals surface area contributed by atoms with E-state index >= 15 is 0 Å². The molecule has 136 valence electrons. The van der Waals surface area contributed by atoms with Crippen molar-refractivity contribution in [2.75, 3.05) is 37.7 Å². The van der Waals surface area contributed by atoms with Crippen LogP contribution in [0.3, 0.4) is 0 Å². The lowest BCUT2D eigenvalue weighted by atomic mass is 10.0. The number of hydrogen-bond donors (Lipinski definition) is 2. The summed E-state index contributed by atoms with van der Waals surface area (Å²) in [7, 11) is 0. The van der Waals surface area contributed by atoms with E-state index in [4.69, 9.17) is 0 Å². The number of benzene rings is 1. The Morgan fingerprint density at radius 2 is 1.75 bits per heavy atom. The molecule has 2 fully saturated rings. The molecule has 2 heterocycles. The van der Waals surface area contributed by atoms with Gasteiger partial charge < -0.3 is 10.6 Å². The zero-order valence-electron chi connectivity index (χ0n) is 13.8. The van der Waals surface area contributed by atoms with Crippen LogP contribution in [0.4, 0.5) is 0 Å². The largest absolute Gasteiger partial charge is 0.352 e. The minimum absolute atomic E-state index is 0. The van der Waals surface area contributed by atoms with Crippen molar-refractivity contribution in [3.8, 4) is 0 Å². The lowest BCUT2D eigenvalue weighted by molar-refractivity contribution is -0.127. The predicted octanol–water partition coefficient (Wildman–Crippen LogP) is 2.49. The minimum atomic E-state index is -0.142. The second-order valence-corrected chi connectivity index (χ2v) is 7.22. The van der Waals surface area contributed by atoms with E-state index in [1.807, 2.05) is 30.0 Å². The summed E-state index contributed by atoms with van der Waals surface area (Å²) in [4.78, 5) is 15.3. The number of hydrogen-bond acceptors (Lipinski definition) is 4. The maximum atomic E-state index is 12.9. The number of carbonyl (C=O) groups excluding carboxylic acids is 1. The van der Waals surface area contributed by atoms with Crippen molar-refractivity contribution in [2.45, 2.75) is 24.9 Å². The summed E-state index contributed by atoms with van der Waals surface area (Å²) in [6, 6.07) is 10.4. The van der Waals surface area contributed by atoms with E-state index in [1.165, 1.54) is 0 Å². The van der Waals surface area contributed by atoms with Crippen LogP contribution < -0.4 is 10.6 Å². The molecule has 0 aromatic heterocycles. The maximum absolute atomic E-state index is 12.9. The van der Waals surface area contributed by atoms with E-state index < -0.39 is 0 Å². The van der Waals surface area contributed by atoms with Crippen LogP contribution in [0.5, 0.6) is 0 Å². The lowest BCUT2D eigenvalue weighted by Crippen LogP contribution is -2.49. The SMILES string of the molecule is Cl.Cl.O=C(NC1CCNCC1)C(c1ccccc1)N1CCSCC1. The first-order valence-corrected chi connectivity index (χ1v) is 9.38. The molecule has 0 aliphatic carbocycles. The predicted molar refractivity (Wildman–Crippen MR) is 107 cm³/mol. The van der Waals surface area contributed by atoms with Gasteiger partial charge in [-0.05, 0) is 31.5 Å². The number of piperidine rings is 1. The first-order valence-electron chi connectivity index (χ1n) is 8.22. The summed E-state index contributed by atoms with van der Waals surface area (Å²) in [5.41, 5.74) is 1.11. The van der Waals surface area contributed by atoms with Gasteiger partial charge >= 0.3 is 0 Å². The summed E-state index contributed by atoms with van der Waals surface area (Å²) in [6.07, 6.45) is 2.06. The van der Waals surface area contributed by atoms with Crippen molar-refractivity contribution in [3.05, 3.63) is 35.9 Å². The fourth-order valence-corrected chi connectivity index (χ4v) is 4.18. The molecule has 0 bridgehead atoms. The molecule has 1 aromatic rings. The third-order valence-corrected chi connectivity index (χ3v) is 5.40. The van der Waals surface area contributed by atoms with Crippen molar-refractivity contribution >= 4 is 42.5 Å². The molecule has 4 nitrogen and oxygen atoms in total. The number of halogens is 2. The molecule has 1 aromatic carbocycles. The normalized spacial score (nSPS) is 20.3. The zero-order chi connectivity index (χ0) is 15.2. The summed E-state index contributed by atoms with van der Waals surface area (Å²) in [5.74, 6) is 2.40. The average Bonchev–Trinajstić information content (AvgIpc) is 2.58. The molecule has 2 aliphatic rings. The summed E-state index contributed by atoms with van der Waals surface area (Å²) >= 11 is 1.98. The lowest BCUT2D eigenvalue weighted by Gasteiger charge is -2.35. The van der Waals surface area contributed by atoms with Crippen LogP contribution in [0, 0.1) is 0 Å². The smallest absolute Gasteiger partial charge is 0.242 e. The van der Waals surface area contributed by atoms with E-state index in [0.29, 0.717) is 6.04 Å². The highest BCUT2D eigenvalue weighted by atomic mass is 35.5. The van der Waals surface area contributed by atoms with E-state index in [1.54, 1.807) is 0 Å². The number of amides is 1. The molecule has 0 saturated carbocycles. The van der Waals surface area contributed by atoms with Crippen LogP contribution in [-0.4, -0.2) is 54.5 Å². The van der Waals surface area contributed by atoms with Crippen molar-refractivity contribution in [2.24, 2.45) is 0 Å². The van der Waals surface area contributed by atoms with Crippen molar-refractivity contribution in [1.29, 1.82) is 0 Å². The number of nitrogens with one attached hydrogen (secondary N) is 2. The van der Waals surface area contributed by atoms with Crippen molar-refractivity contribution in [3.63, 3.8) is 0 Å². The maximum Gasteiger partial charge on any atom is 0.242 e. The molecule has 0 radical (unpaired) electrons. The van der Waals surface area contributed by atoms with Crippen LogP contribution in [0.15, 0.2) is 30.3 Å². The highest BCUT2D eigenvalue weighted by Crippen LogP contribution is 2.25. The molecule has 2 aliphatic heterocycles. The fourth-order valence-electron chi connectivity index (χ4n) is 3.25. The molecular formula is C17H27Cl2N3OS. The summed E-state index contributed by atoms with van der Waals surface area (Å²) in [5, 5.41) is 6.64. The Labute approximate surface area is 161 Å². The van der Waals surface area contributed by atoms with Gasteiger partial charge in [0.25, 0.3) is 0 Å². The minimum Gasteiger partial charge on any atom is -0.352 e. The van der Waals surface area contributed by atoms with Gasteiger partial charge in [0, 0.05) is 30.6 Å². The van der Waals surface area contributed by atoms with Crippen molar-refractivity contribution < 1.29 is 4.79 Å². The van der Waals surface area contributed by atoms with Gasteiger partial charge in [-0.1, -0.05) is 30.3 Å². The van der Waals surface area contributed by atoms with E-state index in [2.05, 4.69) is 27.7 Å². The Morgan fingerprint density at radius 3 is 2.38 bits per heavy atom. The number of nitrogens with zero attached hydrogens (tertiary/aromatic N) is 1. The molecule has 1 unspecified atom stereocenters. The van der Waals surface area contributed by atoms with Crippen LogP contribution in [0.25, 0.3) is 0 Å². The van der Waals surface area contributed by atoms with Gasteiger partial charge in [-0.3, -0.25) is 9.69 Å². The molecule has 7 heteroatoms. The number of rotatable bonds is 4. The Kier molecular flexibility index (Phi) is 10.1. The third kappa shape index (κ3) is 5.81. The van der Waals surface area contributed by atoms with Crippen LogP contribution in [0.1, 0.15) is 24.4 Å². The molecule has 3 rings (SSSR count). The first kappa shape index (κ1) is 21.6. The molecule has 2 saturated heterocycles. The van der Waals surface area contributed by atoms with Gasteiger partial charge in [-0.25, -0.2) is 0 Å². The van der Waals surface area contributed by atoms with Crippen LogP contribution in [-0.2, 0) is 4.79 Å². The highest BCUT2D eigenvalue weighted by molar-refractivity contribution is 7.99. The topological polar surface area (TPSA) is 44.4 Å². The van der Waals surface area contributed by atoms with Gasteiger partial charge in [0.15, 0.2) is 0 Å². The standard InChI is InChI=1S/C17H25N3OS.2ClH/c21-17(19-15-6-8-18-9-7-15)16(14-4-2-1-3-5-14)20-10-12-22-13-11-20;;/h1-5,15-16,18H,6-13H2,(H,19,21);2*1H. The molecule has 0 spiro atoms. The summed E-state index contributed by atoms with van der Waals surface area (Å²) in [6.45, 7) is 3.98. The van der Waals surface area contributed by atoms with E-state index in [0.717, 1.165) is 56.1 Å². The molecular weight excluding hydrogens is 365 g/mol. The molecule has 2 N–H and O–H groups in total. The average molecular weight is 392 g/mol. The quantitative estimate of drug-likeness (QED) is 0.827. The summed E-state index contributed by atoms with van der Waals surface area (Å²) < 4.78 is 0. The molecule has 1 amide bonds. The Morgan fingerprint density at radius 1 is 1.12 bits per heavy atom. The van der Waals surface area contributed by atoms with Gasteiger partial charge in [-0.2, -0.15) is 11.8 Å². The fraction of sp³-hybridized carbons (Fsp3) is 0.588. The van der Waals surface area contributed by atoms with Gasteiger partial charge in [0.05, 0.1) is 0 Å². The van der Waals surface area contributed by atoms with Gasteiger partial charge in [0.1, 0.15) is 6.04 Å². The second kappa shape index (κ2) is 11.2. The molecule has 1 atom stereocenters. The van der Waals surface area contributed by atoms with Crippen LogP contribution in [0.2, 0.25) is 0 Å².